The van der Waals surface area contributed by atoms with E-state index in [2.05, 4.69) is 127 Å². The van der Waals surface area contributed by atoms with Crippen LogP contribution in [-0.2, 0) is 0 Å². The van der Waals surface area contributed by atoms with E-state index < -0.39 is 0 Å². The van der Waals surface area contributed by atoms with Crippen LogP contribution in [0.15, 0.2) is 164 Å². The maximum atomic E-state index is 15.9. The minimum absolute atomic E-state index is 0.151. The van der Waals surface area contributed by atoms with Gasteiger partial charge < -0.3 is 0 Å². The molecule has 1 aromatic heterocycles. The summed E-state index contributed by atoms with van der Waals surface area (Å²) in [6, 6.07) is 58.1. The summed E-state index contributed by atoms with van der Waals surface area (Å²) in [5.74, 6) is -0.151. The van der Waals surface area contributed by atoms with Crippen LogP contribution in [-0.4, -0.2) is 14.5 Å². The molecule has 0 aliphatic carbocycles. The Labute approximate surface area is 283 Å². The molecule has 0 saturated heterocycles. The molecule has 0 atom stereocenters. The Bertz CT molecular complexity index is 2780. The molecule has 0 fully saturated rings. The van der Waals surface area contributed by atoms with Gasteiger partial charge in [0.1, 0.15) is 0 Å². The van der Waals surface area contributed by atoms with Gasteiger partial charge in [-0.3, -0.25) is 0 Å². The van der Waals surface area contributed by atoms with Crippen LogP contribution in [0.25, 0.3) is 95.8 Å². The molecule has 10 rings (SSSR count). The van der Waals surface area contributed by atoms with Crippen molar-refractivity contribution >= 4 is 76.9 Å². The summed E-state index contributed by atoms with van der Waals surface area (Å²) >= 11 is 0.173. The van der Waals surface area contributed by atoms with Crippen LogP contribution in [0.3, 0.4) is 0 Å². The SMILES string of the molecule is Fc1c2ccccc2c(-c2cccc3[se]c4ccc(-c5c6ccccc6c(-c6ccccc6)c6ccccc56)cc4c23)c2ccccc12. The van der Waals surface area contributed by atoms with Crippen molar-refractivity contribution in [2.75, 3.05) is 0 Å². The summed E-state index contributed by atoms with van der Waals surface area (Å²) in [5, 5.41) is 10.8. The Morgan fingerprint density at radius 2 is 0.812 bits per heavy atom. The Kier molecular flexibility index (Phi) is 6.18. The van der Waals surface area contributed by atoms with E-state index in [1.165, 1.54) is 68.7 Å². The fourth-order valence-electron chi connectivity index (χ4n) is 7.91. The van der Waals surface area contributed by atoms with Crippen molar-refractivity contribution in [1.82, 2.24) is 0 Å². The van der Waals surface area contributed by atoms with Gasteiger partial charge in [0.15, 0.2) is 0 Å². The second-order valence-corrected chi connectivity index (χ2v) is 14.8. The standard InChI is InChI=1S/C46H27FSe/c47-46-36-21-10-8-19-34(36)44(35-20-9-11-22-37(35)46)38-23-12-24-41-45(38)39-27-29(25-26-40(39)48-41)43-32-17-6-4-15-30(32)42(28-13-2-1-3-14-28)31-16-5-7-18-33(31)43/h1-27H. The summed E-state index contributed by atoms with van der Waals surface area (Å²) in [5.41, 5.74) is 7.26. The number of fused-ring (bicyclic) bond motifs is 7. The minimum atomic E-state index is -0.151. The molecule has 9 aromatic carbocycles. The molecular formula is C46H27FSe. The van der Waals surface area contributed by atoms with Crippen LogP contribution in [0.4, 0.5) is 4.39 Å². The first-order chi connectivity index (χ1) is 23.8. The second kappa shape index (κ2) is 10.8. The molecule has 48 heavy (non-hydrogen) atoms. The van der Waals surface area contributed by atoms with Gasteiger partial charge in [-0.25, -0.2) is 0 Å². The first-order valence-electron chi connectivity index (χ1n) is 16.3. The molecule has 0 aliphatic heterocycles. The van der Waals surface area contributed by atoms with Crippen LogP contribution in [0.1, 0.15) is 0 Å². The summed E-state index contributed by atoms with van der Waals surface area (Å²) in [4.78, 5) is 0. The number of halogens is 1. The third-order valence-corrected chi connectivity index (χ3v) is 12.3. The number of rotatable bonds is 3. The fraction of sp³-hybridized carbons (Fsp3) is 0. The summed E-state index contributed by atoms with van der Waals surface area (Å²) in [6.45, 7) is 0. The van der Waals surface area contributed by atoms with E-state index in [-0.39, 0.29) is 20.3 Å². The predicted molar refractivity (Wildman–Crippen MR) is 205 cm³/mol. The zero-order chi connectivity index (χ0) is 31.8. The molecular weight excluding hydrogens is 650 g/mol. The normalized spacial score (nSPS) is 11.9. The Hall–Kier alpha value is -5.53. The van der Waals surface area contributed by atoms with E-state index >= 15 is 4.39 Å². The van der Waals surface area contributed by atoms with E-state index in [4.69, 9.17) is 0 Å². The maximum absolute atomic E-state index is 15.9. The van der Waals surface area contributed by atoms with Crippen molar-refractivity contribution in [3.8, 4) is 33.4 Å². The third kappa shape index (κ3) is 4.00. The molecule has 2 heteroatoms. The molecule has 0 N–H and O–H groups in total. The van der Waals surface area contributed by atoms with E-state index in [0.717, 1.165) is 16.3 Å². The molecule has 0 radical (unpaired) electrons. The van der Waals surface area contributed by atoms with Crippen LogP contribution >= 0.6 is 0 Å². The van der Waals surface area contributed by atoms with Gasteiger partial charge in [-0.05, 0) is 0 Å². The Morgan fingerprint density at radius 1 is 0.333 bits per heavy atom. The molecule has 0 amide bonds. The summed E-state index contributed by atoms with van der Waals surface area (Å²) in [6.07, 6.45) is 0. The topological polar surface area (TPSA) is 0 Å². The average molecular weight is 678 g/mol. The van der Waals surface area contributed by atoms with Gasteiger partial charge in [-0.2, -0.15) is 0 Å². The van der Waals surface area contributed by atoms with E-state index in [1.54, 1.807) is 0 Å². The predicted octanol–water partition coefficient (Wildman–Crippen LogP) is 12.8. The molecule has 224 valence electrons. The van der Waals surface area contributed by atoms with Gasteiger partial charge in [-0.1, -0.05) is 0 Å². The number of hydrogen-bond donors (Lipinski definition) is 0. The van der Waals surface area contributed by atoms with Gasteiger partial charge in [0.25, 0.3) is 0 Å². The van der Waals surface area contributed by atoms with Crippen molar-refractivity contribution in [2.24, 2.45) is 0 Å². The van der Waals surface area contributed by atoms with E-state index in [0.29, 0.717) is 10.8 Å². The first-order valence-corrected chi connectivity index (χ1v) is 18.0. The van der Waals surface area contributed by atoms with Crippen molar-refractivity contribution in [1.29, 1.82) is 0 Å². The average Bonchev–Trinajstić information content (AvgIpc) is 3.53. The molecule has 1 heterocycles. The molecule has 0 unspecified atom stereocenters. The van der Waals surface area contributed by atoms with Crippen LogP contribution in [0.2, 0.25) is 0 Å². The van der Waals surface area contributed by atoms with Crippen molar-refractivity contribution in [2.45, 2.75) is 0 Å². The van der Waals surface area contributed by atoms with E-state index in [1.807, 2.05) is 36.4 Å². The summed E-state index contributed by atoms with van der Waals surface area (Å²) in [7, 11) is 0. The van der Waals surface area contributed by atoms with Gasteiger partial charge in [0.05, 0.1) is 0 Å². The van der Waals surface area contributed by atoms with Gasteiger partial charge in [0, 0.05) is 0 Å². The first kappa shape index (κ1) is 27.6. The zero-order valence-electron chi connectivity index (χ0n) is 25.9. The van der Waals surface area contributed by atoms with Crippen molar-refractivity contribution < 1.29 is 4.39 Å². The van der Waals surface area contributed by atoms with Crippen molar-refractivity contribution in [3.63, 3.8) is 0 Å². The quantitative estimate of drug-likeness (QED) is 0.129. The molecule has 0 spiro atoms. The number of benzene rings is 9. The van der Waals surface area contributed by atoms with E-state index in [9.17, 15) is 0 Å². The van der Waals surface area contributed by atoms with Gasteiger partial charge in [-0.15, -0.1) is 0 Å². The van der Waals surface area contributed by atoms with Crippen LogP contribution in [0, 0.1) is 5.82 Å². The van der Waals surface area contributed by atoms with Crippen LogP contribution < -0.4 is 0 Å². The zero-order valence-corrected chi connectivity index (χ0v) is 27.6. The van der Waals surface area contributed by atoms with Crippen LogP contribution in [0.5, 0.6) is 0 Å². The molecule has 0 bridgehead atoms. The van der Waals surface area contributed by atoms with Gasteiger partial charge >= 0.3 is 284 Å². The van der Waals surface area contributed by atoms with Crippen molar-refractivity contribution in [3.05, 3.63) is 170 Å². The molecule has 0 nitrogen and oxygen atoms in total. The third-order valence-electron chi connectivity index (χ3n) is 9.91. The fourth-order valence-corrected chi connectivity index (χ4v) is 10.2. The van der Waals surface area contributed by atoms with Gasteiger partial charge in [0.2, 0.25) is 0 Å². The molecule has 0 aliphatic rings. The molecule has 0 saturated carbocycles. The number of hydrogen-bond acceptors (Lipinski definition) is 0. The molecule has 10 aromatic rings. The monoisotopic (exact) mass is 678 g/mol. The summed E-state index contributed by atoms with van der Waals surface area (Å²) < 4.78 is 18.7. The Balaban J connectivity index is 1.31. The second-order valence-electron chi connectivity index (χ2n) is 12.5. The Morgan fingerprint density at radius 3 is 1.38 bits per heavy atom.